The van der Waals surface area contributed by atoms with Gasteiger partial charge < -0.3 is 4.74 Å². The van der Waals surface area contributed by atoms with E-state index in [1.54, 1.807) is 11.0 Å². The van der Waals surface area contributed by atoms with Crippen LogP contribution < -0.4 is 0 Å². The zero-order valence-corrected chi connectivity index (χ0v) is 23.8. The Bertz CT molecular complexity index is 811. The molecule has 0 radical (unpaired) electrons. The van der Waals surface area contributed by atoms with Gasteiger partial charge >= 0.3 is 0 Å². The van der Waals surface area contributed by atoms with E-state index in [0.717, 1.165) is 0 Å². The first kappa shape index (κ1) is 26.1. The van der Waals surface area contributed by atoms with Gasteiger partial charge in [-0.2, -0.15) is 0 Å². The third-order valence-corrected chi connectivity index (χ3v) is 12.2. The van der Waals surface area contributed by atoms with Crippen LogP contribution in [0.5, 0.6) is 0 Å². The number of allylic oxidation sites excluding steroid dienone is 1. The van der Waals surface area contributed by atoms with Crippen LogP contribution in [0.3, 0.4) is 0 Å². The van der Waals surface area contributed by atoms with Gasteiger partial charge in [-0.1, -0.05) is 34.6 Å². The maximum Gasteiger partial charge on any atom is 0.132 e. The standard InChI is InChI=1S/C18H42B12O/c1-11(2)8-4-5-12(3)7-14(20,21)10(19)9(13(12,6-8)31-11)15(22,23)16(24,25)17(26,27)18(28,29)30/h8H,4-7,19-30H2,1-3H3/t8-,12-,13+/m1/s1. The summed E-state index contributed by atoms with van der Waals surface area (Å²) >= 11 is 0. The largest absolute Gasteiger partial charge is 0.364 e. The highest BCUT2D eigenvalue weighted by atomic mass is 16.5. The Hall–Kier alpha value is 0.479. The van der Waals surface area contributed by atoms with E-state index in [2.05, 4.69) is 115 Å². The van der Waals surface area contributed by atoms with Crippen LogP contribution in [0.25, 0.3) is 0 Å². The second-order valence-electron chi connectivity index (χ2n) is 15.7. The maximum absolute atomic E-state index is 7.37. The topological polar surface area (TPSA) is 9.23 Å². The number of rotatable bonds is 4. The van der Waals surface area contributed by atoms with Crippen LogP contribution in [-0.2, 0) is 4.74 Å². The van der Waals surface area contributed by atoms with Crippen LogP contribution in [0.1, 0.15) is 46.5 Å². The number of hydrogen-bond acceptors (Lipinski definition) is 1. The van der Waals surface area contributed by atoms with Crippen LogP contribution in [0.15, 0.2) is 11.0 Å². The van der Waals surface area contributed by atoms with Gasteiger partial charge in [-0.25, -0.2) is 0 Å². The van der Waals surface area contributed by atoms with Crippen LogP contribution >= 0.6 is 0 Å². The van der Waals surface area contributed by atoms with Gasteiger partial charge in [-0.05, 0) is 44.4 Å². The summed E-state index contributed by atoms with van der Waals surface area (Å²) in [5, 5.41) is 0.652. The molecule has 0 amide bonds. The van der Waals surface area contributed by atoms with Crippen molar-refractivity contribution in [3.05, 3.63) is 11.0 Å². The first-order valence-electron chi connectivity index (χ1n) is 12.9. The summed E-state index contributed by atoms with van der Waals surface area (Å²) in [7, 11) is 29.9. The highest BCUT2D eigenvalue weighted by Gasteiger charge is 2.70. The Balaban J connectivity index is 2.33. The lowest BCUT2D eigenvalue weighted by atomic mass is 9.07. The molecule has 1 nitrogen and oxygen atoms in total. The molecule has 1 saturated carbocycles. The summed E-state index contributed by atoms with van der Waals surface area (Å²) in [6.45, 7) is 7.29. The Labute approximate surface area is 204 Å². The zero-order chi connectivity index (χ0) is 24.3. The predicted molar refractivity (Wildman–Crippen MR) is 171 cm³/mol. The number of ether oxygens (including phenoxy) is 1. The molecular weight excluding hydrogens is 362 g/mol. The van der Waals surface area contributed by atoms with E-state index in [9.17, 15) is 0 Å². The molecule has 0 aromatic rings. The zero-order valence-electron chi connectivity index (χ0n) is 23.8. The molecule has 156 valence electrons. The lowest BCUT2D eigenvalue weighted by Gasteiger charge is -2.67. The second-order valence-corrected chi connectivity index (χ2v) is 15.7. The highest BCUT2D eigenvalue weighted by Crippen LogP contribution is 2.75. The average molecular weight is 404 g/mol. The molecule has 0 unspecified atom stereocenters. The maximum atomic E-state index is 7.37. The van der Waals surface area contributed by atoms with Gasteiger partial charge in [0.05, 0.1) is 66.1 Å². The minimum atomic E-state index is -0.131. The molecule has 2 bridgehead atoms. The number of hydrogen-bond donors (Lipinski definition) is 0. The molecule has 0 aromatic carbocycles. The lowest BCUT2D eigenvalue weighted by Crippen LogP contribution is -2.61. The van der Waals surface area contributed by atoms with E-state index >= 15 is 0 Å². The van der Waals surface area contributed by atoms with Gasteiger partial charge in [0.15, 0.2) is 0 Å². The summed E-state index contributed by atoms with van der Waals surface area (Å²) in [4.78, 5) is 0. The summed E-state index contributed by atoms with van der Waals surface area (Å²) in [5.41, 5.74) is 3.29. The Morgan fingerprint density at radius 3 is 1.87 bits per heavy atom. The van der Waals surface area contributed by atoms with E-state index in [0.29, 0.717) is 5.92 Å². The normalized spacial score (nSPS) is 35.5. The molecule has 0 N–H and O–H groups in total. The fraction of sp³-hybridized carbons (Fsp3) is 0.889. The van der Waals surface area contributed by atoms with Crippen molar-refractivity contribution in [1.29, 1.82) is 0 Å². The predicted octanol–water partition coefficient (Wildman–Crippen LogP) is -6.87. The van der Waals surface area contributed by atoms with Crippen LogP contribution in [0, 0.1) is 11.3 Å². The first-order valence-corrected chi connectivity index (χ1v) is 12.9. The fourth-order valence-corrected chi connectivity index (χ4v) is 8.12. The van der Waals surface area contributed by atoms with Crippen molar-refractivity contribution in [2.24, 2.45) is 11.3 Å². The molecule has 1 spiro atoms. The molecule has 3 rings (SSSR count). The van der Waals surface area contributed by atoms with Gasteiger partial charge in [-0.3, -0.25) is 0 Å². The van der Waals surface area contributed by atoms with Crippen molar-refractivity contribution in [3.8, 4) is 0 Å². The van der Waals surface area contributed by atoms with Gasteiger partial charge in [0.1, 0.15) is 39.2 Å². The molecule has 3 atom stereocenters. The fourth-order valence-electron chi connectivity index (χ4n) is 8.12. The molecule has 2 aliphatic carbocycles. The van der Waals surface area contributed by atoms with Gasteiger partial charge in [0.25, 0.3) is 0 Å². The summed E-state index contributed by atoms with van der Waals surface area (Å²) in [5.74, 6) is 0.666. The van der Waals surface area contributed by atoms with E-state index in [-0.39, 0.29) is 42.6 Å². The Morgan fingerprint density at radius 2 is 1.39 bits per heavy atom. The monoisotopic (exact) mass is 406 g/mol. The van der Waals surface area contributed by atoms with Crippen molar-refractivity contribution in [1.82, 2.24) is 0 Å². The van der Waals surface area contributed by atoms with Gasteiger partial charge in [0.2, 0.25) is 0 Å². The Kier molecular flexibility index (Phi) is 5.71. The van der Waals surface area contributed by atoms with Crippen molar-refractivity contribution >= 4 is 94.2 Å². The Morgan fingerprint density at radius 1 is 0.871 bits per heavy atom. The molecule has 1 saturated heterocycles. The van der Waals surface area contributed by atoms with Crippen LogP contribution in [0.4, 0.5) is 0 Å². The molecule has 2 fully saturated rings. The molecule has 31 heavy (non-hydrogen) atoms. The molecule has 3 aliphatic rings. The van der Waals surface area contributed by atoms with Gasteiger partial charge in [0, 0.05) is 0 Å². The first-order chi connectivity index (χ1) is 13.5. The van der Waals surface area contributed by atoms with Crippen molar-refractivity contribution in [2.45, 2.75) is 83.6 Å². The van der Waals surface area contributed by atoms with Crippen molar-refractivity contribution < 1.29 is 4.74 Å². The van der Waals surface area contributed by atoms with Crippen LogP contribution in [-0.4, -0.2) is 105 Å². The van der Waals surface area contributed by atoms with Crippen molar-refractivity contribution in [2.75, 3.05) is 0 Å². The molecule has 1 heterocycles. The SMILES string of the molecule is BC1=C(C(B)(B)C(B)(B)C(B)(B)C(B)(B)B)[C@@]23C[C@@H](CC[C@]2(C)CC1(B)B)C(C)(C)O3. The average Bonchev–Trinajstić information content (AvgIpc) is 2.77. The minimum absolute atomic E-state index is 0.00905. The summed E-state index contributed by atoms with van der Waals surface area (Å²) in [6, 6.07) is 0. The molecular formula is C18H42B12O. The van der Waals surface area contributed by atoms with Gasteiger partial charge in [-0.15, -0.1) is 15.8 Å². The van der Waals surface area contributed by atoms with E-state index in [1.807, 2.05) is 0 Å². The molecule has 0 aromatic heterocycles. The van der Waals surface area contributed by atoms with E-state index < -0.39 is 0 Å². The summed E-state index contributed by atoms with van der Waals surface area (Å²) in [6.07, 6.45) is 5.04. The van der Waals surface area contributed by atoms with Crippen LogP contribution in [0.2, 0.25) is 26.0 Å². The third-order valence-electron chi connectivity index (χ3n) is 12.2. The van der Waals surface area contributed by atoms with Crippen molar-refractivity contribution in [3.63, 3.8) is 0 Å². The smallest absolute Gasteiger partial charge is 0.132 e. The second kappa shape index (κ2) is 6.79. The minimum Gasteiger partial charge on any atom is -0.364 e. The van der Waals surface area contributed by atoms with E-state index in [4.69, 9.17) is 4.74 Å². The van der Waals surface area contributed by atoms with E-state index in [1.165, 1.54) is 25.7 Å². The summed E-state index contributed by atoms with van der Waals surface area (Å²) < 4.78 is 7.37. The third kappa shape index (κ3) is 3.23. The highest BCUT2D eigenvalue weighted by molar-refractivity contribution is 6.72. The molecule has 13 heteroatoms. The lowest BCUT2D eigenvalue weighted by molar-refractivity contribution is -0.135. The number of fused-ring (bicyclic) bond motifs is 1. The quantitative estimate of drug-likeness (QED) is 0.424. The molecule has 1 aliphatic heterocycles.